The summed E-state index contributed by atoms with van der Waals surface area (Å²) in [6.07, 6.45) is 0. The summed E-state index contributed by atoms with van der Waals surface area (Å²) >= 11 is 0. The molecule has 7 heteroatoms. The molecule has 0 unspecified atom stereocenters. The Hall–Kier alpha value is -5.82. The van der Waals surface area contributed by atoms with Crippen LogP contribution >= 0.6 is 0 Å². The maximum absolute atomic E-state index is 12.2. The molecular formula is C39H31BN2O4. The lowest BCUT2D eigenvalue weighted by atomic mass is 9.88. The predicted molar refractivity (Wildman–Crippen MR) is 188 cm³/mol. The van der Waals surface area contributed by atoms with Crippen molar-refractivity contribution in [3.8, 4) is 50.9 Å². The average molecular weight is 602 g/mol. The number of anilines is 2. The second kappa shape index (κ2) is 11.0. The molecule has 224 valence electrons. The van der Waals surface area contributed by atoms with Gasteiger partial charge in [-0.25, -0.2) is 0 Å². The summed E-state index contributed by atoms with van der Waals surface area (Å²) in [5, 5.41) is 47.7. The maximum Gasteiger partial charge on any atom is 0.149 e. The quantitative estimate of drug-likeness (QED) is 0.118. The molecule has 0 amide bonds. The predicted octanol–water partition coefficient (Wildman–Crippen LogP) is 8.12. The number of fused-ring (bicyclic) bond motifs is 3. The van der Waals surface area contributed by atoms with Crippen LogP contribution in [0.3, 0.4) is 0 Å². The SMILES string of the molecule is [B]c1c(N(C)c2ccccc2-c2ccccc2)c(O)c2c3c(O)c(C)c(C)c(O)c3n(-c3cccc(-c4ccccc4)c3)c2c1O. The number of benzene rings is 6. The van der Waals surface area contributed by atoms with Crippen LogP contribution < -0.4 is 10.4 Å². The summed E-state index contributed by atoms with van der Waals surface area (Å²) in [7, 11) is 8.48. The first-order chi connectivity index (χ1) is 22.2. The van der Waals surface area contributed by atoms with Crippen LogP contribution in [0.2, 0.25) is 0 Å². The highest BCUT2D eigenvalue weighted by molar-refractivity contribution is 6.42. The van der Waals surface area contributed by atoms with Crippen LogP contribution in [0.5, 0.6) is 23.0 Å². The summed E-state index contributed by atoms with van der Waals surface area (Å²) < 4.78 is 1.66. The normalized spacial score (nSPS) is 11.4. The minimum atomic E-state index is -0.290. The molecule has 46 heavy (non-hydrogen) atoms. The first kappa shape index (κ1) is 28.9. The number of rotatable bonds is 5. The summed E-state index contributed by atoms with van der Waals surface area (Å²) in [5.41, 5.74) is 6.58. The largest absolute Gasteiger partial charge is 0.507 e. The van der Waals surface area contributed by atoms with Gasteiger partial charge >= 0.3 is 0 Å². The van der Waals surface area contributed by atoms with Gasteiger partial charge in [0.05, 0.1) is 22.0 Å². The Labute approximate surface area is 268 Å². The van der Waals surface area contributed by atoms with Crippen LogP contribution in [-0.4, -0.2) is 39.9 Å². The number of aromatic nitrogens is 1. The van der Waals surface area contributed by atoms with Gasteiger partial charge in [0.1, 0.15) is 36.4 Å². The molecule has 6 nitrogen and oxygen atoms in total. The van der Waals surface area contributed by atoms with E-state index in [1.807, 2.05) is 109 Å². The number of aromatic hydroxyl groups is 4. The topological polar surface area (TPSA) is 89.1 Å². The van der Waals surface area contributed by atoms with Gasteiger partial charge in [-0.1, -0.05) is 91.0 Å². The van der Waals surface area contributed by atoms with Crippen molar-refractivity contribution in [3.05, 3.63) is 120 Å². The van der Waals surface area contributed by atoms with Gasteiger partial charge in [-0.2, -0.15) is 0 Å². The van der Waals surface area contributed by atoms with Crippen molar-refractivity contribution in [3.63, 3.8) is 0 Å². The smallest absolute Gasteiger partial charge is 0.149 e. The highest BCUT2D eigenvalue weighted by Gasteiger charge is 2.30. The second-order valence-corrected chi connectivity index (χ2v) is 11.5. The van der Waals surface area contributed by atoms with E-state index in [1.165, 1.54) is 0 Å². The molecule has 4 N–H and O–H groups in total. The Morgan fingerprint density at radius 1 is 0.565 bits per heavy atom. The number of phenols is 4. The van der Waals surface area contributed by atoms with Gasteiger partial charge in [-0.3, -0.25) is 0 Å². The van der Waals surface area contributed by atoms with E-state index in [4.69, 9.17) is 7.85 Å². The zero-order valence-electron chi connectivity index (χ0n) is 25.7. The molecule has 0 fully saturated rings. The van der Waals surface area contributed by atoms with E-state index >= 15 is 0 Å². The lowest BCUT2D eigenvalue weighted by Gasteiger charge is -2.27. The molecule has 2 radical (unpaired) electrons. The van der Waals surface area contributed by atoms with Crippen LogP contribution in [0.1, 0.15) is 11.1 Å². The third-order valence-corrected chi connectivity index (χ3v) is 9.00. The van der Waals surface area contributed by atoms with Crippen molar-refractivity contribution in [2.24, 2.45) is 0 Å². The van der Waals surface area contributed by atoms with Gasteiger partial charge in [0.25, 0.3) is 0 Å². The van der Waals surface area contributed by atoms with Gasteiger partial charge in [-0.05, 0) is 65.3 Å². The Morgan fingerprint density at radius 3 is 1.80 bits per heavy atom. The van der Waals surface area contributed by atoms with E-state index in [2.05, 4.69) is 0 Å². The Balaban J connectivity index is 1.58. The number of hydrogen-bond acceptors (Lipinski definition) is 5. The lowest BCUT2D eigenvalue weighted by Crippen LogP contribution is -2.21. The fourth-order valence-electron chi connectivity index (χ4n) is 6.49. The zero-order chi connectivity index (χ0) is 32.3. The highest BCUT2D eigenvalue weighted by Crippen LogP contribution is 2.52. The van der Waals surface area contributed by atoms with Crippen molar-refractivity contribution in [2.45, 2.75) is 13.8 Å². The fraction of sp³-hybridized carbons (Fsp3) is 0.0769. The molecule has 7 aromatic rings. The van der Waals surface area contributed by atoms with Gasteiger partial charge in [0.15, 0.2) is 0 Å². The monoisotopic (exact) mass is 602 g/mol. The molecule has 0 aliphatic heterocycles. The van der Waals surface area contributed by atoms with Crippen LogP contribution in [-0.2, 0) is 0 Å². The molecule has 0 atom stereocenters. The molecule has 1 heterocycles. The Morgan fingerprint density at radius 2 is 1.11 bits per heavy atom. The van der Waals surface area contributed by atoms with Crippen LogP contribution in [0.15, 0.2) is 109 Å². The van der Waals surface area contributed by atoms with Gasteiger partial charge < -0.3 is 29.9 Å². The number of phenolic OH excluding ortho intramolecular Hbond substituents is 4. The van der Waals surface area contributed by atoms with Crippen molar-refractivity contribution in [2.75, 3.05) is 11.9 Å². The van der Waals surface area contributed by atoms with E-state index in [-0.39, 0.29) is 56.0 Å². The molecular weight excluding hydrogens is 571 g/mol. The van der Waals surface area contributed by atoms with E-state index in [9.17, 15) is 20.4 Å². The van der Waals surface area contributed by atoms with Gasteiger partial charge in [0.2, 0.25) is 0 Å². The third-order valence-electron chi connectivity index (χ3n) is 9.00. The van der Waals surface area contributed by atoms with Crippen LogP contribution in [0, 0.1) is 13.8 Å². The van der Waals surface area contributed by atoms with E-state index in [0.717, 1.165) is 27.9 Å². The molecule has 0 aliphatic carbocycles. The standard InChI is InChI=1S/C39H31BN2O4/c1-22-23(2)37(44)33-30(36(22)43)31-34(42(33)27-18-12-17-26(21-27)24-13-6-4-7-14-24)39(46)32(40)35(38(31)45)41(3)29-20-11-10-19-28(29)25-15-8-5-9-16-25/h4-21,43-46H,1-3H3. The Bertz CT molecular complexity index is 2300. The first-order valence-corrected chi connectivity index (χ1v) is 15.0. The molecule has 7 rings (SSSR count). The summed E-state index contributed by atoms with van der Waals surface area (Å²) in [6.45, 7) is 3.43. The van der Waals surface area contributed by atoms with E-state index < -0.39 is 0 Å². The van der Waals surface area contributed by atoms with E-state index in [1.54, 1.807) is 30.4 Å². The summed E-state index contributed by atoms with van der Waals surface area (Å²) in [5.74, 6) is -0.710. The summed E-state index contributed by atoms with van der Waals surface area (Å²) in [4.78, 5) is 1.74. The highest BCUT2D eigenvalue weighted by atomic mass is 16.3. The number of hydrogen-bond donors (Lipinski definition) is 4. The first-order valence-electron chi connectivity index (χ1n) is 15.0. The molecule has 0 saturated heterocycles. The third kappa shape index (κ3) is 4.27. The lowest BCUT2D eigenvalue weighted by molar-refractivity contribution is 0.461. The number of nitrogens with zero attached hydrogens (tertiary/aromatic N) is 2. The molecule has 6 aromatic carbocycles. The second-order valence-electron chi connectivity index (χ2n) is 11.5. The van der Waals surface area contributed by atoms with Crippen LogP contribution in [0.25, 0.3) is 49.7 Å². The fourth-order valence-corrected chi connectivity index (χ4v) is 6.49. The van der Waals surface area contributed by atoms with Crippen molar-refractivity contribution < 1.29 is 20.4 Å². The minimum Gasteiger partial charge on any atom is -0.507 e. The molecule has 0 bridgehead atoms. The van der Waals surface area contributed by atoms with E-state index in [0.29, 0.717) is 16.8 Å². The molecule has 0 saturated carbocycles. The Kier molecular flexibility index (Phi) is 6.90. The molecule has 0 aliphatic rings. The van der Waals surface area contributed by atoms with Gasteiger partial charge in [-0.15, -0.1) is 0 Å². The number of para-hydroxylation sites is 1. The van der Waals surface area contributed by atoms with Crippen molar-refractivity contribution in [1.82, 2.24) is 4.57 Å². The molecule has 1 aromatic heterocycles. The molecule has 0 spiro atoms. The average Bonchev–Trinajstić information content (AvgIpc) is 3.47. The van der Waals surface area contributed by atoms with Crippen molar-refractivity contribution in [1.29, 1.82) is 0 Å². The van der Waals surface area contributed by atoms with Crippen LogP contribution in [0.4, 0.5) is 11.4 Å². The zero-order valence-corrected chi connectivity index (χ0v) is 25.7. The van der Waals surface area contributed by atoms with Crippen molar-refractivity contribution >= 4 is 46.5 Å². The maximum atomic E-state index is 12.2. The summed E-state index contributed by atoms with van der Waals surface area (Å²) in [6, 6.07) is 35.1. The minimum absolute atomic E-state index is 0.0499. The van der Waals surface area contributed by atoms with Gasteiger partial charge in [0, 0.05) is 24.0 Å².